The van der Waals surface area contributed by atoms with Crippen molar-refractivity contribution in [2.75, 3.05) is 26.3 Å². The van der Waals surface area contributed by atoms with Crippen LogP contribution in [0.25, 0.3) is 0 Å². The van der Waals surface area contributed by atoms with Crippen molar-refractivity contribution in [1.29, 1.82) is 0 Å². The fraction of sp³-hybridized carbons (Fsp3) is 0.294. The molecular weight excluding hydrogens is 269 g/mol. The Morgan fingerprint density at radius 3 is 2.52 bits per heavy atom. The Morgan fingerprint density at radius 1 is 1.00 bits per heavy atom. The highest BCUT2D eigenvalue weighted by atomic mass is 19.1. The molecule has 110 valence electrons. The zero-order chi connectivity index (χ0) is 14.5. The summed E-state index contributed by atoms with van der Waals surface area (Å²) in [5.41, 5.74) is 1.21. The van der Waals surface area contributed by atoms with Gasteiger partial charge in [0.15, 0.2) is 0 Å². The maximum absolute atomic E-state index is 12.9. The van der Waals surface area contributed by atoms with Crippen LogP contribution in [0.3, 0.4) is 0 Å². The first-order chi connectivity index (χ1) is 10.3. The summed E-state index contributed by atoms with van der Waals surface area (Å²) in [5.74, 6) is 1.15. The van der Waals surface area contributed by atoms with Crippen LogP contribution in [0, 0.1) is 5.82 Å². The molecule has 0 amide bonds. The van der Waals surface area contributed by atoms with E-state index in [0.717, 1.165) is 38.6 Å². The largest absolute Gasteiger partial charge is 0.457 e. The van der Waals surface area contributed by atoms with Crippen LogP contribution >= 0.6 is 0 Å². The van der Waals surface area contributed by atoms with Gasteiger partial charge in [-0.2, -0.15) is 0 Å². The van der Waals surface area contributed by atoms with E-state index in [1.54, 1.807) is 12.1 Å². The minimum absolute atomic E-state index is 0.261. The van der Waals surface area contributed by atoms with Crippen molar-refractivity contribution in [3.05, 3.63) is 59.9 Å². The van der Waals surface area contributed by atoms with Crippen molar-refractivity contribution < 1.29 is 13.9 Å². The Bertz CT molecular complexity index is 580. The Labute approximate surface area is 123 Å². The lowest BCUT2D eigenvalue weighted by Gasteiger charge is -2.26. The van der Waals surface area contributed by atoms with Crippen LogP contribution in [0.15, 0.2) is 48.5 Å². The number of hydrogen-bond acceptors (Lipinski definition) is 3. The summed E-state index contributed by atoms with van der Waals surface area (Å²) in [6, 6.07) is 14.1. The molecular formula is C17H18FNO2. The molecule has 0 aliphatic carbocycles. The minimum Gasteiger partial charge on any atom is -0.457 e. The minimum atomic E-state index is -0.261. The normalized spacial score (nSPS) is 15.9. The van der Waals surface area contributed by atoms with Crippen LogP contribution in [0.5, 0.6) is 11.5 Å². The van der Waals surface area contributed by atoms with Gasteiger partial charge in [-0.05, 0) is 42.0 Å². The molecule has 3 rings (SSSR count). The summed E-state index contributed by atoms with van der Waals surface area (Å²) in [7, 11) is 0. The molecule has 1 saturated heterocycles. The standard InChI is InChI=1S/C17H18FNO2/c18-15-4-6-16(7-5-15)21-17-3-1-2-14(12-17)13-19-8-10-20-11-9-19/h1-7,12H,8-11,13H2. The summed E-state index contributed by atoms with van der Waals surface area (Å²) in [4.78, 5) is 2.36. The number of halogens is 1. The topological polar surface area (TPSA) is 21.7 Å². The lowest BCUT2D eigenvalue weighted by molar-refractivity contribution is 0.0342. The lowest BCUT2D eigenvalue weighted by Crippen LogP contribution is -2.35. The van der Waals surface area contributed by atoms with Crippen LogP contribution in [0.4, 0.5) is 4.39 Å². The fourth-order valence-electron chi connectivity index (χ4n) is 2.36. The Hall–Kier alpha value is -1.91. The summed E-state index contributed by atoms with van der Waals surface area (Å²) < 4.78 is 24.0. The maximum Gasteiger partial charge on any atom is 0.127 e. The number of rotatable bonds is 4. The average molecular weight is 287 g/mol. The molecule has 1 aliphatic heterocycles. The predicted molar refractivity (Wildman–Crippen MR) is 79.0 cm³/mol. The summed E-state index contributed by atoms with van der Waals surface area (Å²) >= 11 is 0. The van der Waals surface area contributed by atoms with Crippen LogP contribution < -0.4 is 4.74 Å². The fourth-order valence-corrected chi connectivity index (χ4v) is 2.36. The van der Waals surface area contributed by atoms with E-state index in [1.807, 2.05) is 18.2 Å². The highest BCUT2D eigenvalue weighted by Crippen LogP contribution is 2.23. The summed E-state index contributed by atoms with van der Waals surface area (Å²) in [5, 5.41) is 0. The Kier molecular flexibility index (Phi) is 4.48. The molecule has 21 heavy (non-hydrogen) atoms. The molecule has 2 aromatic carbocycles. The highest BCUT2D eigenvalue weighted by molar-refractivity contribution is 5.34. The van der Waals surface area contributed by atoms with Gasteiger partial charge in [-0.3, -0.25) is 4.90 Å². The molecule has 0 saturated carbocycles. The molecule has 0 atom stereocenters. The quantitative estimate of drug-likeness (QED) is 0.859. The van der Waals surface area contributed by atoms with E-state index in [1.165, 1.54) is 17.7 Å². The van der Waals surface area contributed by atoms with Gasteiger partial charge in [0, 0.05) is 19.6 Å². The van der Waals surface area contributed by atoms with Crippen molar-refractivity contribution in [2.24, 2.45) is 0 Å². The molecule has 0 N–H and O–H groups in total. The molecule has 1 fully saturated rings. The second-order valence-electron chi connectivity index (χ2n) is 5.09. The molecule has 1 aliphatic rings. The first-order valence-electron chi connectivity index (χ1n) is 7.12. The summed E-state index contributed by atoms with van der Waals surface area (Å²) in [6.07, 6.45) is 0. The van der Waals surface area contributed by atoms with Gasteiger partial charge in [0.25, 0.3) is 0 Å². The molecule has 0 radical (unpaired) electrons. The third kappa shape index (κ3) is 4.03. The van der Waals surface area contributed by atoms with Crippen molar-refractivity contribution in [1.82, 2.24) is 4.90 Å². The van der Waals surface area contributed by atoms with Crippen molar-refractivity contribution in [2.45, 2.75) is 6.54 Å². The van der Waals surface area contributed by atoms with Crippen molar-refractivity contribution in [3.63, 3.8) is 0 Å². The number of ether oxygens (including phenoxy) is 2. The molecule has 2 aromatic rings. The lowest BCUT2D eigenvalue weighted by atomic mass is 10.2. The van der Waals surface area contributed by atoms with Crippen LogP contribution in [-0.4, -0.2) is 31.2 Å². The average Bonchev–Trinajstić information content (AvgIpc) is 2.51. The first-order valence-corrected chi connectivity index (χ1v) is 7.12. The zero-order valence-corrected chi connectivity index (χ0v) is 11.8. The zero-order valence-electron chi connectivity index (χ0n) is 11.8. The number of hydrogen-bond donors (Lipinski definition) is 0. The van der Waals surface area contributed by atoms with Crippen LogP contribution in [-0.2, 0) is 11.3 Å². The molecule has 3 nitrogen and oxygen atoms in total. The second-order valence-corrected chi connectivity index (χ2v) is 5.09. The van der Waals surface area contributed by atoms with Gasteiger partial charge >= 0.3 is 0 Å². The third-order valence-electron chi connectivity index (χ3n) is 3.46. The van der Waals surface area contributed by atoms with E-state index < -0.39 is 0 Å². The third-order valence-corrected chi connectivity index (χ3v) is 3.46. The van der Waals surface area contributed by atoms with Gasteiger partial charge in [-0.15, -0.1) is 0 Å². The SMILES string of the molecule is Fc1ccc(Oc2cccc(CN3CCOCC3)c2)cc1. The van der Waals surface area contributed by atoms with E-state index in [-0.39, 0.29) is 5.82 Å². The van der Waals surface area contributed by atoms with Gasteiger partial charge in [-0.1, -0.05) is 12.1 Å². The number of morpholine rings is 1. The summed E-state index contributed by atoms with van der Waals surface area (Å²) in [6.45, 7) is 4.41. The van der Waals surface area contributed by atoms with Gasteiger partial charge in [0.05, 0.1) is 13.2 Å². The molecule has 0 aromatic heterocycles. The second kappa shape index (κ2) is 6.70. The van der Waals surface area contributed by atoms with Gasteiger partial charge in [-0.25, -0.2) is 4.39 Å². The van der Waals surface area contributed by atoms with E-state index in [9.17, 15) is 4.39 Å². The molecule has 0 spiro atoms. The highest BCUT2D eigenvalue weighted by Gasteiger charge is 2.11. The molecule has 4 heteroatoms. The van der Waals surface area contributed by atoms with Crippen molar-refractivity contribution >= 4 is 0 Å². The molecule has 0 unspecified atom stereocenters. The van der Waals surface area contributed by atoms with E-state index >= 15 is 0 Å². The first kappa shape index (κ1) is 14.0. The van der Waals surface area contributed by atoms with Gasteiger partial charge in [0.1, 0.15) is 17.3 Å². The Balaban J connectivity index is 1.66. The van der Waals surface area contributed by atoms with E-state index in [2.05, 4.69) is 11.0 Å². The van der Waals surface area contributed by atoms with E-state index in [4.69, 9.17) is 9.47 Å². The molecule has 1 heterocycles. The predicted octanol–water partition coefficient (Wildman–Crippen LogP) is 3.45. The van der Waals surface area contributed by atoms with E-state index in [0.29, 0.717) is 5.75 Å². The maximum atomic E-state index is 12.9. The number of benzene rings is 2. The Morgan fingerprint density at radius 2 is 1.76 bits per heavy atom. The van der Waals surface area contributed by atoms with Gasteiger partial charge < -0.3 is 9.47 Å². The number of nitrogens with zero attached hydrogens (tertiary/aromatic N) is 1. The monoisotopic (exact) mass is 287 g/mol. The smallest absolute Gasteiger partial charge is 0.127 e. The van der Waals surface area contributed by atoms with Crippen LogP contribution in [0.1, 0.15) is 5.56 Å². The van der Waals surface area contributed by atoms with Crippen LogP contribution in [0.2, 0.25) is 0 Å². The van der Waals surface area contributed by atoms with Crippen molar-refractivity contribution in [3.8, 4) is 11.5 Å². The molecule has 0 bridgehead atoms. The van der Waals surface area contributed by atoms with Gasteiger partial charge in [0.2, 0.25) is 0 Å².